The number of para-hydroxylation sites is 2. The molecule has 8 heteroatoms. The van der Waals surface area contributed by atoms with Gasteiger partial charge in [-0.25, -0.2) is 0 Å². The summed E-state index contributed by atoms with van der Waals surface area (Å²) in [6.07, 6.45) is 1.61. The number of aryl methyl sites for hydroxylation is 2. The highest BCUT2D eigenvalue weighted by Crippen LogP contribution is 2.27. The lowest BCUT2D eigenvalue weighted by molar-refractivity contribution is 0.0672. The fraction of sp³-hybridized carbons (Fsp3) is 0.400. The standard InChI is InChI=1S/C35H41N7O/c1-26-20-28(10-7-13-36)32(35(43)42-19-18-41(24-27(42)2)34-12-6-4-9-30(34)23-38)21-31(26)25-39-14-16-40(17-15-39)33-11-5-3-8-29(33)22-37/h3-6,8-9,11-12,20-21,27H,7,10,13-19,24-25,36H2,1-2H3. The molecule has 2 N–H and O–H groups in total. The number of piperazine rings is 2. The van der Waals surface area contributed by atoms with Gasteiger partial charge in [0.05, 0.1) is 22.5 Å². The van der Waals surface area contributed by atoms with Gasteiger partial charge in [-0.1, -0.05) is 30.3 Å². The van der Waals surface area contributed by atoms with Gasteiger partial charge in [0.15, 0.2) is 0 Å². The molecule has 3 aromatic carbocycles. The zero-order chi connectivity index (χ0) is 30.3. The minimum Gasteiger partial charge on any atom is -0.368 e. The van der Waals surface area contributed by atoms with Gasteiger partial charge in [-0.15, -0.1) is 0 Å². The van der Waals surface area contributed by atoms with Crippen LogP contribution in [0.15, 0.2) is 60.7 Å². The Bertz CT molecular complexity index is 1530. The van der Waals surface area contributed by atoms with Crippen LogP contribution in [-0.4, -0.2) is 74.1 Å². The molecule has 0 radical (unpaired) electrons. The van der Waals surface area contributed by atoms with Crippen molar-refractivity contribution in [1.82, 2.24) is 9.80 Å². The van der Waals surface area contributed by atoms with E-state index in [4.69, 9.17) is 5.73 Å². The van der Waals surface area contributed by atoms with Crippen molar-refractivity contribution in [3.63, 3.8) is 0 Å². The highest BCUT2D eigenvalue weighted by Gasteiger charge is 2.31. The highest BCUT2D eigenvalue weighted by molar-refractivity contribution is 5.96. The quantitative estimate of drug-likeness (QED) is 0.427. The summed E-state index contributed by atoms with van der Waals surface area (Å²) in [4.78, 5) is 23.1. The Balaban J connectivity index is 1.31. The van der Waals surface area contributed by atoms with Crippen molar-refractivity contribution in [3.8, 4) is 12.1 Å². The van der Waals surface area contributed by atoms with Gasteiger partial charge in [0, 0.05) is 64.0 Å². The van der Waals surface area contributed by atoms with Gasteiger partial charge >= 0.3 is 0 Å². The van der Waals surface area contributed by atoms with Crippen LogP contribution in [0, 0.1) is 29.6 Å². The Morgan fingerprint density at radius 2 is 1.47 bits per heavy atom. The van der Waals surface area contributed by atoms with E-state index in [1.165, 1.54) is 11.1 Å². The van der Waals surface area contributed by atoms with Crippen LogP contribution in [0.2, 0.25) is 0 Å². The summed E-state index contributed by atoms with van der Waals surface area (Å²) in [5, 5.41) is 19.1. The molecule has 0 bridgehead atoms. The van der Waals surface area contributed by atoms with E-state index < -0.39 is 0 Å². The molecule has 0 spiro atoms. The van der Waals surface area contributed by atoms with Crippen LogP contribution < -0.4 is 15.5 Å². The molecule has 2 heterocycles. The van der Waals surface area contributed by atoms with Gasteiger partial charge in [-0.3, -0.25) is 9.69 Å². The van der Waals surface area contributed by atoms with E-state index in [0.717, 1.165) is 68.1 Å². The summed E-state index contributed by atoms with van der Waals surface area (Å²) in [5.74, 6) is 0.0759. The molecule has 0 aliphatic carbocycles. The minimum absolute atomic E-state index is 0.00414. The number of carbonyl (C=O) groups is 1. The first kappa shape index (κ1) is 30.1. The summed E-state index contributed by atoms with van der Waals surface area (Å²) in [5.41, 5.74) is 13.4. The number of benzene rings is 3. The predicted octanol–water partition coefficient (Wildman–Crippen LogP) is 4.30. The van der Waals surface area contributed by atoms with Crippen LogP contribution in [0.25, 0.3) is 0 Å². The zero-order valence-electron chi connectivity index (χ0n) is 25.3. The third-order valence-corrected chi connectivity index (χ3v) is 8.83. The second-order valence-electron chi connectivity index (χ2n) is 11.6. The van der Waals surface area contributed by atoms with E-state index in [-0.39, 0.29) is 11.9 Å². The molecular weight excluding hydrogens is 534 g/mol. The molecule has 0 aromatic heterocycles. The molecule has 2 fully saturated rings. The van der Waals surface area contributed by atoms with E-state index in [9.17, 15) is 15.3 Å². The number of nitriles is 2. The number of anilines is 2. The first-order valence-corrected chi connectivity index (χ1v) is 15.3. The van der Waals surface area contributed by atoms with Crippen molar-refractivity contribution in [2.45, 2.75) is 39.3 Å². The molecule has 8 nitrogen and oxygen atoms in total. The number of hydrogen-bond acceptors (Lipinski definition) is 7. The van der Waals surface area contributed by atoms with Crippen LogP contribution >= 0.6 is 0 Å². The van der Waals surface area contributed by atoms with Crippen molar-refractivity contribution in [1.29, 1.82) is 10.5 Å². The molecule has 1 amide bonds. The molecule has 2 aliphatic rings. The average molecular weight is 576 g/mol. The number of amides is 1. The first-order chi connectivity index (χ1) is 20.9. The van der Waals surface area contributed by atoms with Crippen molar-refractivity contribution in [2.24, 2.45) is 5.73 Å². The molecule has 2 saturated heterocycles. The molecule has 1 atom stereocenters. The number of nitrogens with two attached hydrogens (primary N) is 1. The Labute approximate surface area is 255 Å². The van der Waals surface area contributed by atoms with Crippen LogP contribution in [0.1, 0.15) is 51.5 Å². The van der Waals surface area contributed by atoms with Crippen LogP contribution in [0.4, 0.5) is 11.4 Å². The summed E-state index contributed by atoms with van der Waals surface area (Å²) in [6.45, 7) is 11.1. The van der Waals surface area contributed by atoms with Gasteiger partial charge in [-0.05, 0) is 80.3 Å². The molecule has 2 aliphatic heterocycles. The van der Waals surface area contributed by atoms with E-state index in [1.54, 1.807) is 0 Å². The van der Waals surface area contributed by atoms with Gasteiger partial charge in [0.1, 0.15) is 12.1 Å². The van der Waals surface area contributed by atoms with Gasteiger partial charge in [0.2, 0.25) is 0 Å². The Kier molecular flexibility index (Phi) is 9.61. The lowest BCUT2D eigenvalue weighted by atomic mass is 9.94. The third kappa shape index (κ3) is 6.67. The van der Waals surface area contributed by atoms with E-state index in [0.29, 0.717) is 37.3 Å². The second-order valence-corrected chi connectivity index (χ2v) is 11.6. The number of nitrogens with zero attached hydrogens (tertiary/aromatic N) is 6. The Morgan fingerprint density at radius 1 is 0.860 bits per heavy atom. The number of hydrogen-bond donors (Lipinski definition) is 1. The maximum absolute atomic E-state index is 14.2. The largest absolute Gasteiger partial charge is 0.368 e. The number of carbonyl (C=O) groups excluding carboxylic acids is 1. The molecule has 5 rings (SSSR count). The summed E-state index contributed by atoms with van der Waals surface area (Å²) >= 11 is 0. The van der Waals surface area contributed by atoms with Gasteiger partial charge in [-0.2, -0.15) is 10.5 Å². The normalized spacial score (nSPS) is 17.4. The van der Waals surface area contributed by atoms with Crippen LogP contribution in [0.3, 0.4) is 0 Å². The Morgan fingerprint density at radius 3 is 2.07 bits per heavy atom. The topological polar surface area (TPSA) is 104 Å². The predicted molar refractivity (Wildman–Crippen MR) is 171 cm³/mol. The fourth-order valence-corrected chi connectivity index (χ4v) is 6.39. The summed E-state index contributed by atoms with van der Waals surface area (Å²) < 4.78 is 0. The minimum atomic E-state index is 0.00414. The smallest absolute Gasteiger partial charge is 0.254 e. The molecule has 1 unspecified atom stereocenters. The molecule has 3 aromatic rings. The summed E-state index contributed by atoms with van der Waals surface area (Å²) in [6, 6.07) is 24.4. The number of rotatable bonds is 8. The average Bonchev–Trinajstić information content (AvgIpc) is 3.04. The van der Waals surface area contributed by atoms with Crippen molar-refractivity contribution >= 4 is 17.3 Å². The van der Waals surface area contributed by atoms with Gasteiger partial charge < -0.3 is 20.4 Å². The SMILES string of the molecule is Cc1cc(CCCN)c(C(=O)N2CCN(c3ccccc3C#N)CC2C)cc1CN1CCN(c2ccccc2C#N)CC1. The maximum Gasteiger partial charge on any atom is 0.254 e. The van der Waals surface area contributed by atoms with E-state index in [2.05, 4.69) is 52.8 Å². The third-order valence-electron chi connectivity index (χ3n) is 8.83. The molecule has 43 heavy (non-hydrogen) atoms. The van der Waals surface area contributed by atoms with Crippen molar-refractivity contribution < 1.29 is 4.79 Å². The fourth-order valence-electron chi connectivity index (χ4n) is 6.39. The molecule has 0 saturated carbocycles. The first-order valence-electron chi connectivity index (χ1n) is 15.3. The van der Waals surface area contributed by atoms with Crippen LogP contribution in [-0.2, 0) is 13.0 Å². The lowest BCUT2D eigenvalue weighted by Gasteiger charge is -2.41. The Hall–Kier alpha value is -4.37. The lowest BCUT2D eigenvalue weighted by Crippen LogP contribution is -2.54. The second kappa shape index (κ2) is 13.7. The van der Waals surface area contributed by atoms with Crippen molar-refractivity contribution in [3.05, 3.63) is 94.0 Å². The summed E-state index contributed by atoms with van der Waals surface area (Å²) in [7, 11) is 0. The molecule has 222 valence electrons. The zero-order valence-corrected chi connectivity index (χ0v) is 25.3. The van der Waals surface area contributed by atoms with E-state index >= 15 is 0 Å². The van der Waals surface area contributed by atoms with E-state index in [1.807, 2.05) is 53.4 Å². The van der Waals surface area contributed by atoms with Crippen molar-refractivity contribution in [2.75, 3.05) is 62.2 Å². The maximum atomic E-state index is 14.2. The molecular formula is C35H41N7O. The van der Waals surface area contributed by atoms with Gasteiger partial charge in [0.25, 0.3) is 5.91 Å². The van der Waals surface area contributed by atoms with Crippen LogP contribution in [0.5, 0.6) is 0 Å². The monoisotopic (exact) mass is 575 g/mol. The highest BCUT2D eigenvalue weighted by atomic mass is 16.2.